The van der Waals surface area contributed by atoms with Gasteiger partial charge in [0.05, 0.1) is 5.69 Å². The third kappa shape index (κ3) is 5.77. The van der Waals surface area contributed by atoms with Crippen molar-refractivity contribution in [2.75, 3.05) is 14.1 Å². The molecule has 0 saturated carbocycles. The van der Waals surface area contributed by atoms with E-state index in [0.29, 0.717) is 0 Å². The second-order valence-corrected chi connectivity index (χ2v) is 3.62. The molecular weight excluding hydrogens is 228 g/mol. The lowest BCUT2D eigenvalue weighted by atomic mass is 10.3. The summed E-state index contributed by atoms with van der Waals surface area (Å²) in [4.78, 5) is 6.32. The molecule has 0 spiro atoms. The summed E-state index contributed by atoms with van der Waals surface area (Å²) in [5.74, 6) is 0. The van der Waals surface area contributed by atoms with Gasteiger partial charge in [0.1, 0.15) is 0 Å². The normalized spacial score (nSPS) is 9.38. The van der Waals surface area contributed by atoms with E-state index < -0.39 is 0 Å². The fourth-order valence-electron chi connectivity index (χ4n) is 0.824. The number of aromatic nitrogens is 1. The molecule has 2 nitrogen and oxygen atoms in total. The molecule has 0 amide bonds. The van der Waals surface area contributed by atoms with Crippen LogP contribution in [0.1, 0.15) is 19.5 Å². The lowest BCUT2D eigenvalue weighted by Crippen LogP contribution is -2.11. The van der Waals surface area contributed by atoms with Gasteiger partial charge in [0.2, 0.25) is 0 Å². The molecule has 0 N–H and O–H groups in total. The van der Waals surface area contributed by atoms with Gasteiger partial charge in [-0.3, -0.25) is 4.98 Å². The van der Waals surface area contributed by atoms with Crippen molar-refractivity contribution in [3.63, 3.8) is 0 Å². The van der Waals surface area contributed by atoms with Crippen LogP contribution in [-0.4, -0.2) is 24.0 Å². The van der Waals surface area contributed by atoms with Crippen LogP contribution in [0.3, 0.4) is 0 Å². The molecule has 0 aliphatic heterocycles. The monoisotopic (exact) mass is 244 g/mol. The Balaban J connectivity index is 0.000000671. The van der Waals surface area contributed by atoms with Crippen molar-refractivity contribution in [3.8, 4) is 0 Å². The standard InChI is InChI=1S/C8H11BrN2.C2H6/c1-11(2)6-8-4-3-7(9)5-10-8;1-2/h3-5H,6H2,1-2H3;1-2H3. The highest BCUT2D eigenvalue weighted by molar-refractivity contribution is 9.10. The maximum Gasteiger partial charge on any atom is 0.0544 e. The number of halogens is 1. The molecule has 0 radical (unpaired) electrons. The van der Waals surface area contributed by atoms with Gasteiger partial charge in [0, 0.05) is 17.2 Å². The average molecular weight is 245 g/mol. The molecule has 0 bridgehead atoms. The van der Waals surface area contributed by atoms with Crippen LogP contribution < -0.4 is 0 Å². The molecule has 1 aromatic rings. The molecule has 0 aromatic carbocycles. The van der Waals surface area contributed by atoms with Crippen LogP contribution in [0.4, 0.5) is 0 Å². The zero-order valence-electron chi connectivity index (χ0n) is 8.71. The quantitative estimate of drug-likeness (QED) is 0.796. The van der Waals surface area contributed by atoms with E-state index in [-0.39, 0.29) is 0 Å². The average Bonchev–Trinajstić information content (AvgIpc) is 2.12. The highest BCUT2D eigenvalue weighted by atomic mass is 79.9. The predicted molar refractivity (Wildman–Crippen MR) is 60.7 cm³/mol. The van der Waals surface area contributed by atoms with Gasteiger partial charge in [-0.15, -0.1) is 0 Å². The maximum absolute atomic E-state index is 4.23. The zero-order valence-corrected chi connectivity index (χ0v) is 10.3. The van der Waals surface area contributed by atoms with Gasteiger partial charge >= 0.3 is 0 Å². The van der Waals surface area contributed by atoms with E-state index in [2.05, 4.69) is 25.8 Å². The molecule has 1 heterocycles. The van der Waals surface area contributed by atoms with E-state index in [9.17, 15) is 0 Å². The fraction of sp³-hybridized carbons (Fsp3) is 0.500. The number of nitrogens with zero attached hydrogens (tertiary/aromatic N) is 2. The molecule has 3 heteroatoms. The first-order chi connectivity index (χ1) is 6.18. The lowest BCUT2D eigenvalue weighted by Gasteiger charge is -2.07. The highest BCUT2D eigenvalue weighted by Crippen LogP contribution is 2.07. The summed E-state index contributed by atoms with van der Waals surface area (Å²) < 4.78 is 1.03. The number of hydrogen-bond acceptors (Lipinski definition) is 2. The van der Waals surface area contributed by atoms with Crippen LogP contribution in [0.2, 0.25) is 0 Å². The van der Waals surface area contributed by atoms with Gasteiger partial charge in [0.25, 0.3) is 0 Å². The van der Waals surface area contributed by atoms with Crippen molar-refractivity contribution >= 4 is 15.9 Å². The van der Waals surface area contributed by atoms with E-state index >= 15 is 0 Å². The van der Waals surface area contributed by atoms with Crippen molar-refractivity contribution < 1.29 is 0 Å². The fourth-order valence-corrected chi connectivity index (χ4v) is 1.06. The van der Waals surface area contributed by atoms with Crippen molar-refractivity contribution in [3.05, 3.63) is 28.5 Å². The number of hydrogen-bond donors (Lipinski definition) is 0. The molecule has 13 heavy (non-hydrogen) atoms. The molecule has 0 saturated heterocycles. The third-order valence-corrected chi connectivity index (χ3v) is 1.74. The number of pyridine rings is 1. The van der Waals surface area contributed by atoms with E-state index in [4.69, 9.17) is 0 Å². The first kappa shape index (κ1) is 12.6. The van der Waals surface area contributed by atoms with Crippen molar-refractivity contribution in [1.29, 1.82) is 0 Å². The van der Waals surface area contributed by atoms with E-state index in [1.54, 1.807) is 0 Å². The van der Waals surface area contributed by atoms with Gasteiger partial charge < -0.3 is 4.90 Å². The van der Waals surface area contributed by atoms with Gasteiger partial charge in [-0.25, -0.2) is 0 Å². The summed E-state index contributed by atoms with van der Waals surface area (Å²) in [5, 5.41) is 0. The van der Waals surface area contributed by atoms with Crippen molar-refractivity contribution in [1.82, 2.24) is 9.88 Å². The molecule has 0 atom stereocenters. The Morgan fingerprint density at radius 3 is 2.31 bits per heavy atom. The first-order valence-electron chi connectivity index (χ1n) is 4.43. The Morgan fingerprint density at radius 2 is 1.92 bits per heavy atom. The summed E-state index contributed by atoms with van der Waals surface area (Å²) in [6.07, 6.45) is 1.82. The van der Waals surface area contributed by atoms with E-state index in [1.165, 1.54) is 0 Å². The third-order valence-electron chi connectivity index (χ3n) is 1.27. The second kappa shape index (κ2) is 7.04. The Bertz CT molecular complexity index is 219. The Morgan fingerprint density at radius 1 is 1.31 bits per heavy atom. The molecule has 1 rings (SSSR count). The lowest BCUT2D eigenvalue weighted by molar-refractivity contribution is 0.397. The topological polar surface area (TPSA) is 16.1 Å². The molecule has 74 valence electrons. The summed E-state index contributed by atoms with van der Waals surface area (Å²) in [5.41, 5.74) is 1.10. The molecular formula is C10H17BrN2. The van der Waals surface area contributed by atoms with Crippen molar-refractivity contribution in [2.24, 2.45) is 0 Å². The molecule has 0 aliphatic rings. The summed E-state index contributed by atoms with van der Waals surface area (Å²) in [7, 11) is 4.06. The van der Waals surface area contributed by atoms with E-state index in [1.807, 2.05) is 46.3 Å². The largest absolute Gasteiger partial charge is 0.304 e. The SMILES string of the molecule is CC.CN(C)Cc1ccc(Br)cn1. The van der Waals surface area contributed by atoms with Crippen LogP contribution in [-0.2, 0) is 6.54 Å². The molecule has 0 fully saturated rings. The minimum atomic E-state index is 0.896. The smallest absolute Gasteiger partial charge is 0.0544 e. The van der Waals surface area contributed by atoms with Crippen LogP contribution in [0.25, 0.3) is 0 Å². The van der Waals surface area contributed by atoms with Gasteiger partial charge in [0.15, 0.2) is 0 Å². The van der Waals surface area contributed by atoms with Crippen LogP contribution in [0, 0.1) is 0 Å². The first-order valence-corrected chi connectivity index (χ1v) is 5.23. The molecule has 1 aromatic heterocycles. The second-order valence-electron chi connectivity index (χ2n) is 2.71. The van der Waals surface area contributed by atoms with Gasteiger partial charge in [-0.05, 0) is 42.2 Å². The minimum Gasteiger partial charge on any atom is -0.304 e. The zero-order chi connectivity index (χ0) is 10.3. The summed E-state index contributed by atoms with van der Waals surface area (Å²) >= 11 is 3.34. The predicted octanol–water partition coefficient (Wildman–Crippen LogP) is 2.93. The van der Waals surface area contributed by atoms with Crippen LogP contribution in [0.15, 0.2) is 22.8 Å². The van der Waals surface area contributed by atoms with Crippen LogP contribution in [0.5, 0.6) is 0 Å². The highest BCUT2D eigenvalue weighted by Gasteiger charge is 1.94. The molecule has 0 unspecified atom stereocenters. The summed E-state index contributed by atoms with van der Waals surface area (Å²) in [6.45, 7) is 4.90. The van der Waals surface area contributed by atoms with Gasteiger partial charge in [-0.2, -0.15) is 0 Å². The maximum atomic E-state index is 4.23. The van der Waals surface area contributed by atoms with Crippen molar-refractivity contribution in [2.45, 2.75) is 20.4 Å². The minimum absolute atomic E-state index is 0.896. The number of rotatable bonds is 2. The Hall–Kier alpha value is -0.410. The molecule has 0 aliphatic carbocycles. The summed E-state index contributed by atoms with van der Waals surface area (Å²) in [6, 6.07) is 4.02. The Kier molecular flexibility index (Phi) is 6.82. The van der Waals surface area contributed by atoms with Crippen LogP contribution >= 0.6 is 15.9 Å². The van der Waals surface area contributed by atoms with Gasteiger partial charge in [-0.1, -0.05) is 13.8 Å². The van der Waals surface area contributed by atoms with E-state index in [0.717, 1.165) is 16.7 Å². The Labute approximate surface area is 89.1 Å².